The predicted octanol–water partition coefficient (Wildman–Crippen LogP) is 0.627. The average Bonchev–Trinajstić information content (AvgIpc) is 2.13. The zero-order valence-corrected chi connectivity index (χ0v) is 9.46. The summed E-state index contributed by atoms with van der Waals surface area (Å²) < 4.78 is 0. The lowest BCUT2D eigenvalue weighted by atomic mass is 10.2. The zero-order valence-electron chi connectivity index (χ0n) is 9.46. The van der Waals surface area contributed by atoms with E-state index in [-0.39, 0.29) is 18.4 Å². The number of rotatable bonds is 5. The Morgan fingerprint density at radius 3 is 2.36 bits per heavy atom. The molecule has 2 amide bonds. The van der Waals surface area contributed by atoms with Crippen LogP contribution in [0.3, 0.4) is 0 Å². The Balaban J connectivity index is 3.77. The summed E-state index contributed by atoms with van der Waals surface area (Å²) in [5, 5.41) is 2.76. The van der Waals surface area contributed by atoms with Crippen LogP contribution in [-0.4, -0.2) is 36.9 Å². The van der Waals surface area contributed by atoms with Gasteiger partial charge in [-0.1, -0.05) is 20.8 Å². The van der Waals surface area contributed by atoms with E-state index in [0.717, 1.165) is 0 Å². The molecule has 1 N–H and O–H groups in total. The van der Waals surface area contributed by atoms with E-state index in [0.29, 0.717) is 18.9 Å². The van der Waals surface area contributed by atoms with Crippen molar-refractivity contribution in [1.29, 1.82) is 0 Å². The highest BCUT2D eigenvalue weighted by molar-refractivity contribution is 5.84. The average molecular weight is 200 g/mol. The maximum atomic E-state index is 11.3. The normalized spacial score (nSPS) is 10.1. The fourth-order valence-corrected chi connectivity index (χ4v) is 0.947. The van der Waals surface area contributed by atoms with Gasteiger partial charge in [0.25, 0.3) is 0 Å². The highest BCUT2D eigenvalue weighted by Gasteiger charge is 2.10. The van der Waals surface area contributed by atoms with E-state index in [9.17, 15) is 9.59 Å². The Kier molecular flexibility index (Phi) is 5.92. The van der Waals surface area contributed by atoms with Crippen LogP contribution < -0.4 is 5.32 Å². The standard InChI is InChI=1S/C10H20N2O2/c1-5-10(14)12(4)7-9(13)11-6-8(2)3/h8H,5-7H2,1-4H3,(H,11,13). The lowest BCUT2D eigenvalue weighted by molar-refractivity contribution is -0.134. The van der Waals surface area contributed by atoms with Gasteiger partial charge in [-0.2, -0.15) is 0 Å². The Bertz CT molecular complexity index is 202. The molecule has 0 saturated carbocycles. The molecule has 0 bridgehead atoms. The van der Waals surface area contributed by atoms with Gasteiger partial charge in [-0.05, 0) is 5.92 Å². The van der Waals surface area contributed by atoms with Crippen LogP contribution in [0.15, 0.2) is 0 Å². The van der Waals surface area contributed by atoms with Crippen LogP contribution in [0.5, 0.6) is 0 Å². The second kappa shape index (κ2) is 6.40. The van der Waals surface area contributed by atoms with Gasteiger partial charge in [-0.3, -0.25) is 9.59 Å². The SMILES string of the molecule is CCC(=O)N(C)CC(=O)NCC(C)C. The first-order valence-corrected chi connectivity index (χ1v) is 4.98. The maximum absolute atomic E-state index is 11.3. The van der Waals surface area contributed by atoms with Crippen LogP contribution in [0, 0.1) is 5.92 Å². The molecule has 0 aliphatic rings. The minimum Gasteiger partial charge on any atom is -0.354 e. The highest BCUT2D eigenvalue weighted by atomic mass is 16.2. The summed E-state index contributed by atoms with van der Waals surface area (Å²) in [4.78, 5) is 23.8. The molecule has 0 aromatic carbocycles. The quantitative estimate of drug-likeness (QED) is 0.707. The molecule has 0 aromatic heterocycles. The molecule has 82 valence electrons. The molecule has 0 aromatic rings. The van der Waals surface area contributed by atoms with Crippen LogP contribution in [-0.2, 0) is 9.59 Å². The van der Waals surface area contributed by atoms with Gasteiger partial charge in [-0.25, -0.2) is 0 Å². The minimum absolute atomic E-state index is 0.00954. The fourth-order valence-electron chi connectivity index (χ4n) is 0.947. The lowest BCUT2D eigenvalue weighted by Gasteiger charge is -2.16. The summed E-state index contributed by atoms with van der Waals surface area (Å²) in [5.74, 6) is 0.332. The van der Waals surface area contributed by atoms with Gasteiger partial charge in [0.2, 0.25) is 11.8 Å². The summed E-state index contributed by atoms with van der Waals surface area (Å²) in [7, 11) is 1.64. The van der Waals surface area contributed by atoms with Crippen LogP contribution in [0.25, 0.3) is 0 Å². The third-order valence-electron chi connectivity index (χ3n) is 1.82. The summed E-state index contributed by atoms with van der Waals surface area (Å²) in [6.07, 6.45) is 0.438. The van der Waals surface area contributed by atoms with Crippen molar-refractivity contribution in [1.82, 2.24) is 10.2 Å². The van der Waals surface area contributed by atoms with Crippen molar-refractivity contribution in [2.75, 3.05) is 20.1 Å². The molecule has 14 heavy (non-hydrogen) atoms. The van der Waals surface area contributed by atoms with E-state index in [2.05, 4.69) is 5.32 Å². The summed E-state index contributed by atoms with van der Waals surface area (Å²) in [6, 6.07) is 0. The second-order valence-corrected chi connectivity index (χ2v) is 3.80. The van der Waals surface area contributed by atoms with Crippen molar-refractivity contribution in [3.8, 4) is 0 Å². The van der Waals surface area contributed by atoms with Crippen molar-refractivity contribution in [2.24, 2.45) is 5.92 Å². The number of hydrogen-bond acceptors (Lipinski definition) is 2. The first kappa shape index (κ1) is 12.9. The molecule has 4 nitrogen and oxygen atoms in total. The van der Waals surface area contributed by atoms with E-state index >= 15 is 0 Å². The van der Waals surface area contributed by atoms with E-state index in [1.54, 1.807) is 14.0 Å². The van der Waals surface area contributed by atoms with Crippen molar-refractivity contribution in [2.45, 2.75) is 27.2 Å². The van der Waals surface area contributed by atoms with Crippen LogP contribution in [0.1, 0.15) is 27.2 Å². The van der Waals surface area contributed by atoms with E-state index < -0.39 is 0 Å². The van der Waals surface area contributed by atoms with E-state index in [1.807, 2.05) is 13.8 Å². The summed E-state index contributed by atoms with van der Waals surface area (Å²) in [5.41, 5.74) is 0. The Labute approximate surface area is 85.7 Å². The molecule has 0 fully saturated rings. The number of carbonyl (C=O) groups excluding carboxylic acids is 2. The molecule has 0 spiro atoms. The number of carbonyl (C=O) groups is 2. The number of hydrogen-bond donors (Lipinski definition) is 1. The third-order valence-corrected chi connectivity index (χ3v) is 1.82. The van der Waals surface area contributed by atoms with E-state index in [1.165, 1.54) is 4.90 Å². The number of nitrogens with one attached hydrogen (secondary N) is 1. The molecule has 4 heteroatoms. The summed E-state index contributed by atoms with van der Waals surface area (Å²) in [6.45, 7) is 6.65. The highest BCUT2D eigenvalue weighted by Crippen LogP contribution is 1.90. The van der Waals surface area contributed by atoms with Crippen molar-refractivity contribution < 1.29 is 9.59 Å². The monoisotopic (exact) mass is 200 g/mol. The second-order valence-electron chi connectivity index (χ2n) is 3.80. The van der Waals surface area contributed by atoms with E-state index in [4.69, 9.17) is 0 Å². The first-order valence-electron chi connectivity index (χ1n) is 4.98. The largest absolute Gasteiger partial charge is 0.354 e. The van der Waals surface area contributed by atoms with Crippen LogP contribution in [0.4, 0.5) is 0 Å². The van der Waals surface area contributed by atoms with Gasteiger partial charge in [0, 0.05) is 20.0 Å². The topological polar surface area (TPSA) is 49.4 Å². The molecule has 0 aliphatic carbocycles. The van der Waals surface area contributed by atoms with Gasteiger partial charge >= 0.3 is 0 Å². The molecule has 0 rings (SSSR count). The van der Waals surface area contributed by atoms with Crippen molar-refractivity contribution >= 4 is 11.8 Å². The molecule has 0 heterocycles. The molecule has 0 atom stereocenters. The third kappa shape index (κ3) is 5.56. The lowest BCUT2D eigenvalue weighted by Crippen LogP contribution is -2.39. The first-order chi connectivity index (χ1) is 6.47. The molecular weight excluding hydrogens is 180 g/mol. The van der Waals surface area contributed by atoms with Gasteiger partial charge in [-0.15, -0.1) is 0 Å². The number of nitrogens with zero attached hydrogens (tertiary/aromatic N) is 1. The van der Waals surface area contributed by atoms with Gasteiger partial charge in [0.1, 0.15) is 0 Å². The Morgan fingerprint density at radius 2 is 1.93 bits per heavy atom. The number of likely N-dealkylation sites (N-methyl/N-ethyl adjacent to an activating group) is 1. The summed E-state index contributed by atoms with van der Waals surface area (Å²) >= 11 is 0. The molecule has 0 saturated heterocycles. The van der Waals surface area contributed by atoms with Crippen LogP contribution >= 0.6 is 0 Å². The molecule has 0 radical (unpaired) electrons. The molecular formula is C10H20N2O2. The fraction of sp³-hybridized carbons (Fsp3) is 0.800. The maximum Gasteiger partial charge on any atom is 0.239 e. The van der Waals surface area contributed by atoms with Crippen LogP contribution in [0.2, 0.25) is 0 Å². The van der Waals surface area contributed by atoms with Crippen molar-refractivity contribution in [3.05, 3.63) is 0 Å². The molecule has 0 aliphatic heterocycles. The molecule has 0 unspecified atom stereocenters. The van der Waals surface area contributed by atoms with Gasteiger partial charge in [0.05, 0.1) is 6.54 Å². The predicted molar refractivity (Wildman–Crippen MR) is 55.8 cm³/mol. The Morgan fingerprint density at radius 1 is 1.36 bits per heavy atom. The minimum atomic E-state index is -0.0944. The Hall–Kier alpha value is -1.06. The van der Waals surface area contributed by atoms with Crippen molar-refractivity contribution in [3.63, 3.8) is 0 Å². The number of amides is 2. The van der Waals surface area contributed by atoms with Gasteiger partial charge < -0.3 is 10.2 Å². The zero-order chi connectivity index (χ0) is 11.1. The smallest absolute Gasteiger partial charge is 0.239 e. The van der Waals surface area contributed by atoms with Gasteiger partial charge in [0.15, 0.2) is 0 Å².